The van der Waals surface area contributed by atoms with E-state index in [-0.39, 0.29) is 0 Å². The van der Waals surface area contributed by atoms with Crippen molar-refractivity contribution in [3.05, 3.63) is 71.8 Å². The summed E-state index contributed by atoms with van der Waals surface area (Å²) in [6, 6.07) is 16.8. The second kappa shape index (κ2) is 7.59. The number of hydrogen-bond acceptors (Lipinski definition) is 5. The van der Waals surface area contributed by atoms with Crippen molar-refractivity contribution in [1.82, 2.24) is 10.2 Å². The normalized spacial score (nSPS) is 16.4. The van der Waals surface area contributed by atoms with Crippen molar-refractivity contribution in [2.24, 2.45) is 0 Å². The Balaban J connectivity index is 1.89. The first-order valence-corrected chi connectivity index (χ1v) is 9.40. The topological polar surface area (TPSA) is 125 Å². The Morgan fingerprint density at radius 3 is 1.96 bits per heavy atom. The lowest BCUT2D eigenvalue weighted by Gasteiger charge is -2.28. The zero-order valence-corrected chi connectivity index (χ0v) is 14.9. The van der Waals surface area contributed by atoms with Crippen molar-refractivity contribution in [3.8, 4) is 0 Å². The summed E-state index contributed by atoms with van der Waals surface area (Å²) >= 11 is 0. The van der Waals surface area contributed by atoms with Gasteiger partial charge in [-0.1, -0.05) is 60.7 Å². The molecule has 0 spiro atoms. The van der Waals surface area contributed by atoms with Gasteiger partial charge >= 0.3 is 13.9 Å². The highest BCUT2D eigenvalue weighted by Gasteiger charge is 2.53. The number of urea groups is 1. The van der Waals surface area contributed by atoms with Crippen LogP contribution in [0.2, 0.25) is 0 Å². The van der Waals surface area contributed by atoms with Crippen LogP contribution in [0, 0.1) is 0 Å². The molecule has 9 nitrogen and oxygen atoms in total. The first-order valence-electron chi connectivity index (χ1n) is 7.87. The van der Waals surface area contributed by atoms with Gasteiger partial charge in [0.15, 0.2) is 12.3 Å². The number of ether oxygens (including phenoxy) is 1. The third-order valence-electron chi connectivity index (χ3n) is 4.04. The van der Waals surface area contributed by atoms with Gasteiger partial charge in [-0.05, 0) is 11.1 Å². The van der Waals surface area contributed by atoms with E-state index in [1.54, 1.807) is 60.7 Å². The fourth-order valence-corrected chi connectivity index (χ4v) is 3.07. The highest BCUT2D eigenvalue weighted by molar-refractivity contribution is 7.46. The number of carbonyl (C=O) groups is 2. The standard InChI is InChI=1S/C17H17N2O7P/c20-15-17(13-7-3-1-4-8-13,14-9-5-2-6-10-14)18-16(21)19(15)11-25-12-26-27(22,23)24/h1-10H,11-12H2,(H,18,21)(H2,22,23,24). The van der Waals surface area contributed by atoms with Gasteiger partial charge in [0.1, 0.15) is 6.73 Å². The summed E-state index contributed by atoms with van der Waals surface area (Å²) in [6.45, 7) is -1.29. The van der Waals surface area contributed by atoms with E-state index in [1.165, 1.54) is 0 Å². The Kier molecular flexibility index (Phi) is 5.41. The summed E-state index contributed by atoms with van der Waals surface area (Å²) < 4.78 is 19.7. The smallest absolute Gasteiger partial charge is 0.334 e. The number of carbonyl (C=O) groups excluding carboxylic acids is 2. The van der Waals surface area contributed by atoms with Gasteiger partial charge in [0.2, 0.25) is 0 Å². The molecule has 0 aliphatic carbocycles. The SMILES string of the molecule is O=C1NC(c2ccccc2)(c2ccccc2)C(=O)N1COCOP(=O)(O)O. The van der Waals surface area contributed by atoms with Crippen molar-refractivity contribution < 1.29 is 33.2 Å². The molecule has 1 aliphatic heterocycles. The van der Waals surface area contributed by atoms with Crippen molar-refractivity contribution in [2.75, 3.05) is 13.5 Å². The van der Waals surface area contributed by atoms with Crippen LogP contribution in [0.3, 0.4) is 0 Å². The molecule has 3 N–H and O–H groups in total. The molecule has 0 saturated carbocycles. The molecule has 27 heavy (non-hydrogen) atoms. The van der Waals surface area contributed by atoms with Gasteiger partial charge in [-0.15, -0.1) is 0 Å². The van der Waals surface area contributed by atoms with E-state index in [2.05, 4.69) is 9.84 Å². The van der Waals surface area contributed by atoms with Crippen LogP contribution >= 0.6 is 7.82 Å². The van der Waals surface area contributed by atoms with Gasteiger partial charge in [0.25, 0.3) is 5.91 Å². The molecule has 2 aromatic rings. The Morgan fingerprint density at radius 1 is 0.963 bits per heavy atom. The van der Waals surface area contributed by atoms with Gasteiger partial charge in [-0.2, -0.15) is 0 Å². The predicted octanol–water partition coefficient (Wildman–Crippen LogP) is 1.52. The molecule has 142 valence electrons. The molecule has 3 amide bonds. The quantitative estimate of drug-likeness (QED) is 0.282. The molecule has 1 heterocycles. The fourth-order valence-electron chi connectivity index (χ4n) is 2.86. The summed E-state index contributed by atoms with van der Waals surface area (Å²) in [4.78, 5) is 43.8. The third-order valence-corrected chi connectivity index (χ3v) is 4.49. The number of phosphoric ester groups is 1. The maximum Gasteiger partial charge on any atom is 0.471 e. The molecule has 0 radical (unpaired) electrons. The lowest BCUT2D eigenvalue weighted by atomic mass is 9.83. The van der Waals surface area contributed by atoms with E-state index in [9.17, 15) is 14.2 Å². The van der Waals surface area contributed by atoms with Crippen LogP contribution < -0.4 is 5.32 Å². The molecular formula is C17H17N2O7P. The number of nitrogens with zero attached hydrogens (tertiary/aromatic N) is 1. The summed E-state index contributed by atoms with van der Waals surface area (Å²) in [5.74, 6) is -0.568. The van der Waals surface area contributed by atoms with Crippen LogP contribution in [0.1, 0.15) is 11.1 Å². The maximum absolute atomic E-state index is 13.2. The van der Waals surface area contributed by atoms with Gasteiger partial charge in [0, 0.05) is 0 Å². The molecule has 10 heteroatoms. The summed E-state index contributed by atoms with van der Waals surface area (Å²) in [6.07, 6.45) is 0. The number of imide groups is 1. The van der Waals surface area contributed by atoms with Gasteiger partial charge < -0.3 is 19.8 Å². The number of benzene rings is 2. The summed E-state index contributed by atoms with van der Waals surface area (Å²) in [5, 5.41) is 2.72. The van der Waals surface area contributed by atoms with Crippen LogP contribution in [0.5, 0.6) is 0 Å². The van der Waals surface area contributed by atoms with E-state index in [0.29, 0.717) is 11.1 Å². The molecule has 3 rings (SSSR count). The molecule has 1 aliphatic rings. The number of amides is 3. The molecular weight excluding hydrogens is 375 g/mol. The predicted molar refractivity (Wildman–Crippen MR) is 93.0 cm³/mol. The molecule has 2 aromatic carbocycles. The fraction of sp³-hybridized carbons (Fsp3) is 0.176. The Hall–Kier alpha value is -2.55. The lowest BCUT2D eigenvalue weighted by molar-refractivity contribution is -0.136. The van der Waals surface area contributed by atoms with Crippen LogP contribution in [0.4, 0.5) is 4.79 Å². The van der Waals surface area contributed by atoms with Gasteiger partial charge in [-0.25, -0.2) is 14.3 Å². The molecule has 1 fully saturated rings. The molecule has 1 saturated heterocycles. The van der Waals surface area contributed by atoms with Crippen molar-refractivity contribution >= 4 is 19.8 Å². The molecule has 0 unspecified atom stereocenters. The highest BCUT2D eigenvalue weighted by Crippen LogP contribution is 2.37. The van der Waals surface area contributed by atoms with E-state index in [1.807, 2.05) is 0 Å². The van der Waals surface area contributed by atoms with Crippen LogP contribution in [-0.2, 0) is 24.2 Å². The summed E-state index contributed by atoms with van der Waals surface area (Å²) in [5.41, 5.74) is -0.278. The van der Waals surface area contributed by atoms with Crippen LogP contribution in [0.15, 0.2) is 60.7 Å². The molecule has 0 bridgehead atoms. The highest BCUT2D eigenvalue weighted by atomic mass is 31.2. The maximum atomic E-state index is 13.2. The Bertz CT molecular complexity index is 830. The van der Waals surface area contributed by atoms with E-state index >= 15 is 0 Å². The monoisotopic (exact) mass is 392 g/mol. The minimum atomic E-state index is -4.71. The van der Waals surface area contributed by atoms with E-state index in [0.717, 1.165) is 4.90 Å². The van der Waals surface area contributed by atoms with Crippen molar-refractivity contribution in [3.63, 3.8) is 0 Å². The first kappa shape index (κ1) is 19.2. The number of nitrogens with one attached hydrogen (secondary N) is 1. The Labute approximate surface area is 154 Å². The average Bonchev–Trinajstić information content (AvgIpc) is 2.91. The van der Waals surface area contributed by atoms with Gasteiger partial charge in [0.05, 0.1) is 0 Å². The zero-order valence-electron chi connectivity index (χ0n) is 14.0. The van der Waals surface area contributed by atoms with E-state index < -0.39 is 38.8 Å². The number of rotatable bonds is 7. The van der Waals surface area contributed by atoms with Gasteiger partial charge in [-0.3, -0.25) is 9.32 Å². The second-order valence-corrected chi connectivity index (χ2v) is 6.96. The lowest BCUT2D eigenvalue weighted by Crippen LogP contribution is -2.45. The largest absolute Gasteiger partial charge is 0.471 e. The minimum Gasteiger partial charge on any atom is -0.334 e. The van der Waals surface area contributed by atoms with E-state index in [4.69, 9.17) is 14.5 Å². The first-order chi connectivity index (χ1) is 12.8. The Morgan fingerprint density at radius 2 is 1.48 bits per heavy atom. The van der Waals surface area contributed by atoms with Crippen molar-refractivity contribution in [1.29, 1.82) is 0 Å². The molecule has 0 atom stereocenters. The average molecular weight is 392 g/mol. The third kappa shape index (κ3) is 3.92. The summed E-state index contributed by atoms with van der Waals surface area (Å²) in [7, 11) is -4.71. The number of phosphoric acid groups is 1. The van der Waals surface area contributed by atoms with Crippen LogP contribution in [0.25, 0.3) is 0 Å². The van der Waals surface area contributed by atoms with Crippen molar-refractivity contribution in [2.45, 2.75) is 5.54 Å². The zero-order chi connectivity index (χ0) is 19.5. The number of hydrogen-bond donors (Lipinski definition) is 3. The van der Waals surface area contributed by atoms with Crippen LogP contribution in [-0.4, -0.2) is 40.1 Å². The molecule has 0 aromatic heterocycles. The second-order valence-electron chi connectivity index (χ2n) is 5.72. The minimum absolute atomic E-state index is 0.522.